The average Bonchev–Trinajstić information content (AvgIpc) is 2.75. The van der Waals surface area contributed by atoms with Crippen LogP contribution in [0, 0.1) is 0 Å². The van der Waals surface area contributed by atoms with Gasteiger partial charge in [0.15, 0.2) is 5.16 Å². The van der Waals surface area contributed by atoms with Crippen LogP contribution in [-0.4, -0.2) is 40.9 Å². The molecule has 1 rings (SSSR count). The molecule has 0 aliphatic heterocycles. The maximum absolute atomic E-state index is 10.4. The van der Waals surface area contributed by atoms with Crippen molar-refractivity contribution >= 4 is 17.7 Å². The molecule has 96 valence electrons. The van der Waals surface area contributed by atoms with Gasteiger partial charge in [0.05, 0.1) is 32.1 Å². The van der Waals surface area contributed by atoms with E-state index >= 15 is 0 Å². The van der Waals surface area contributed by atoms with Crippen molar-refractivity contribution < 1.29 is 14.8 Å². The van der Waals surface area contributed by atoms with Gasteiger partial charge in [-0.3, -0.25) is 0 Å². The first kappa shape index (κ1) is 14.1. The summed E-state index contributed by atoms with van der Waals surface area (Å²) in [5.74, 6) is -1.10. The van der Waals surface area contributed by atoms with Crippen molar-refractivity contribution in [1.29, 1.82) is 0 Å². The summed E-state index contributed by atoms with van der Waals surface area (Å²) in [4.78, 5) is 16.1. The van der Waals surface area contributed by atoms with Crippen molar-refractivity contribution in [3.63, 3.8) is 0 Å². The number of hydrogen-bond donors (Lipinski definition) is 1. The number of carbonyl (C=O) groups excluding carboxylic acids is 1. The van der Waals surface area contributed by atoms with Crippen molar-refractivity contribution in [2.45, 2.75) is 25.5 Å². The van der Waals surface area contributed by atoms with Crippen LogP contribution in [-0.2, 0) is 11.3 Å². The normalized spacial score (nSPS) is 11.0. The van der Waals surface area contributed by atoms with Crippen molar-refractivity contribution in [1.82, 2.24) is 9.55 Å². The number of hydrogen-bond acceptors (Lipinski definition) is 4. The van der Waals surface area contributed by atoms with E-state index < -0.39 is 5.97 Å². The zero-order chi connectivity index (χ0) is 12.7. The lowest BCUT2D eigenvalue weighted by Gasteiger charge is -2.16. The molecule has 0 aliphatic rings. The maximum Gasteiger partial charge on any atom is 0.168 e. The van der Waals surface area contributed by atoms with Crippen LogP contribution in [0.5, 0.6) is 0 Å². The lowest BCUT2D eigenvalue weighted by atomic mass is 10.4. The summed E-state index contributed by atoms with van der Waals surface area (Å²) in [6.45, 7) is 8.44. The van der Waals surface area contributed by atoms with E-state index in [1.807, 2.05) is 10.8 Å². The van der Waals surface area contributed by atoms with Gasteiger partial charge in [0.1, 0.15) is 0 Å². The highest BCUT2D eigenvalue weighted by atomic mass is 32.2. The maximum atomic E-state index is 10.4. The first-order valence-electron chi connectivity index (χ1n) is 5.84. The van der Waals surface area contributed by atoms with Gasteiger partial charge in [-0.15, -0.1) is 0 Å². The van der Waals surface area contributed by atoms with Crippen molar-refractivity contribution in [2.24, 2.45) is 0 Å². The number of imidazole rings is 1. The molecule has 5 nitrogen and oxygen atoms in total. The van der Waals surface area contributed by atoms with Crippen molar-refractivity contribution in [3.8, 4) is 0 Å². The molecule has 1 N–H and O–H groups in total. The Bertz CT molecular complexity index is 350. The quantitative estimate of drug-likeness (QED) is 0.585. The Balaban J connectivity index is 2.47. The van der Waals surface area contributed by atoms with Gasteiger partial charge in [0.25, 0.3) is 0 Å². The first-order valence-corrected chi connectivity index (χ1v) is 6.83. The zero-order valence-corrected chi connectivity index (χ0v) is 11.1. The molecule has 1 heterocycles. The molecular formula is C11H19N3O2S. The van der Waals surface area contributed by atoms with Crippen LogP contribution in [0.4, 0.5) is 0 Å². The Labute approximate surface area is 106 Å². The highest BCUT2D eigenvalue weighted by molar-refractivity contribution is 7.99. The third-order valence-corrected chi connectivity index (χ3v) is 3.68. The number of rotatable bonds is 8. The van der Waals surface area contributed by atoms with Gasteiger partial charge in [-0.2, -0.15) is 0 Å². The second kappa shape index (κ2) is 7.34. The molecule has 6 heteroatoms. The van der Waals surface area contributed by atoms with Crippen LogP contribution in [0.3, 0.4) is 0 Å². The Hall–Kier alpha value is -1.01. The van der Waals surface area contributed by atoms with Crippen LogP contribution in [0.1, 0.15) is 13.8 Å². The van der Waals surface area contributed by atoms with Crippen LogP contribution < -0.4 is 10.0 Å². The highest BCUT2D eigenvalue weighted by Gasteiger charge is 2.07. The van der Waals surface area contributed by atoms with Gasteiger partial charge in [0.2, 0.25) is 0 Å². The number of thioether (sulfide) groups is 1. The Morgan fingerprint density at radius 3 is 2.82 bits per heavy atom. The molecular weight excluding hydrogens is 238 g/mol. The number of aromatic nitrogens is 2. The molecule has 1 aromatic heterocycles. The van der Waals surface area contributed by atoms with E-state index in [2.05, 4.69) is 18.8 Å². The van der Waals surface area contributed by atoms with Crippen LogP contribution >= 0.6 is 11.8 Å². The standard InChI is InChI=1S/C11H19N3O2S/c1-3-13(4-2)7-8-14-6-5-12-11(14)17-9-10(15)16/h5-6H,3-4,7-9H2,1-2H3,(H,15,16). The van der Waals surface area contributed by atoms with E-state index in [4.69, 9.17) is 0 Å². The third kappa shape index (κ3) is 4.79. The van der Waals surface area contributed by atoms with Gasteiger partial charge in [-0.1, -0.05) is 11.8 Å². The molecule has 0 aromatic carbocycles. The lowest BCUT2D eigenvalue weighted by Crippen LogP contribution is -3.11. The molecule has 0 bridgehead atoms. The number of aliphatic carboxylic acids is 1. The molecule has 17 heavy (non-hydrogen) atoms. The first-order chi connectivity index (χ1) is 8.17. The average molecular weight is 257 g/mol. The largest absolute Gasteiger partial charge is 0.549 e. The topological polar surface area (TPSA) is 62.4 Å². The SMILES string of the molecule is CC[NH+](CC)CCn1ccnc1SCC(=O)[O-]. The summed E-state index contributed by atoms with van der Waals surface area (Å²) in [5.41, 5.74) is 0. The summed E-state index contributed by atoms with van der Waals surface area (Å²) >= 11 is 1.21. The molecule has 0 atom stereocenters. The predicted octanol–water partition coefficient (Wildman–Crippen LogP) is -1.35. The molecule has 0 fully saturated rings. The number of nitrogens with one attached hydrogen (secondary N) is 1. The minimum Gasteiger partial charge on any atom is -0.549 e. The molecule has 0 aliphatic carbocycles. The van der Waals surface area contributed by atoms with Crippen LogP contribution in [0.25, 0.3) is 0 Å². The fourth-order valence-corrected chi connectivity index (χ4v) is 2.31. The summed E-state index contributed by atoms with van der Waals surface area (Å²) in [5, 5.41) is 11.1. The zero-order valence-electron chi connectivity index (χ0n) is 10.3. The van der Waals surface area contributed by atoms with Gasteiger partial charge in [0, 0.05) is 18.1 Å². The molecule has 1 aromatic rings. The Kier molecular flexibility index (Phi) is 6.07. The van der Waals surface area contributed by atoms with E-state index in [-0.39, 0.29) is 5.75 Å². The third-order valence-electron chi connectivity index (χ3n) is 2.70. The summed E-state index contributed by atoms with van der Waals surface area (Å²) in [6, 6.07) is 0. The molecule has 0 spiro atoms. The number of carboxylic acid groups (broad SMARTS) is 1. The fraction of sp³-hybridized carbons (Fsp3) is 0.636. The van der Waals surface area contributed by atoms with E-state index in [0.717, 1.165) is 31.3 Å². The minimum absolute atomic E-state index is 0.0465. The highest BCUT2D eigenvalue weighted by Crippen LogP contribution is 2.14. The van der Waals surface area contributed by atoms with E-state index in [1.54, 1.807) is 6.20 Å². The minimum atomic E-state index is -1.06. The fourth-order valence-electron chi connectivity index (χ4n) is 1.61. The van der Waals surface area contributed by atoms with Crippen LogP contribution in [0.2, 0.25) is 0 Å². The number of quaternary nitrogens is 1. The van der Waals surface area contributed by atoms with E-state index in [0.29, 0.717) is 0 Å². The molecule has 0 saturated heterocycles. The molecule has 0 saturated carbocycles. The van der Waals surface area contributed by atoms with Crippen LogP contribution in [0.15, 0.2) is 17.6 Å². The second-order valence-electron chi connectivity index (χ2n) is 3.77. The molecule has 0 unspecified atom stereocenters. The summed E-state index contributed by atoms with van der Waals surface area (Å²) in [7, 11) is 0. The van der Waals surface area contributed by atoms with Crippen molar-refractivity contribution in [2.75, 3.05) is 25.4 Å². The molecule has 0 radical (unpaired) electrons. The Morgan fingerprint density at radius 1 is 1.53 bits per heavy atom. The Morgan fingerprint density at radius 2 is 2.24 bits per heavy atom. The monoisotopic (exact) mass is 257 g/mol. The van der Waals surface area contributed by atoms with Crippen molar-refractivity contribution in [3.05, 3.63) is 12.4 Å². The van der Waals surface area contributed by atoms with Gasteiger partial charge >= 0.3 is 0 Å². The number of carboxylic acids is 1. The van der Waals surface area contributed by atoms with Gasteiger partial charge in [-0.25, -0.2) is 4.98 Å². The van der Waals surface area contributed by atoms with Gasteiger partial charge < -0.3 is 19.4 Å². The summed E-state index contributed by atoms with van der Waals surface area (Å²) in [6.07, 6.45) is 3.59. The predicted molar refractivity (Wildman–Crippen MR) is 64.9 cm³/mol. The smallest absolute Gasteiger partial charge is 0.168 e. The lowest BCUT2D eigenvalue weighted by molar-refractivity contribution is -0.897. The van der Waals surface area contributed by atoms with E-state index in [1.165, 1.54) is 16.7 Å². The van der Waals surface area contributed by atoms with Gasteiger partial charge in [-0.05, 0) is 13.8 Å². The van der Waals surface area contributed by atoms with E-state index in [9.17, 15) is 9.90 Å². The number of carbonyl (C=O) groups is 1. The number of nitrogens with zero attached hydrogens (tertiary/aromatic N) is 2. The number of likely N-dealkylation sites (N-methyl/N-ethyl adjacent to an activating group) is 1. The second-order valence-corrected chi connectivity index (χ2v) is 4.71. The summed E-state index contributed by atoms with van der Waals surface area (Å²) < 4.78 is 2.00. The molecule has 0 amide bonds.